The molecule has 5 amide bonds. The number of carbonyl (C=O) groups excluding carboxylic acids is 11. The number of nitrogens with zero attached hydrogens (tertiary/aromatic N) is 3. The molecule has 0 aromatic carbocycles. The zero-order valence-corrected chi connectivity index (χ0v) is 64.9. The summed E-state index contributed by atoms with van der Waals surface area (Å²) in [4.78, 5) is 139. The SMILES string of the molecule is C.CC(C)(C)OC(=O)C[C@@H](CO)C(=O)O.C[C@H](N)C(=O)N1CCC[C@@H](C(=O)OCC(Cl)(Cl)Cl)N1.C[C@H](NC(=O)OC(C)(C)C)C(=O)N1CCC[C@@H](C(=O)OCC(Cl)(Cl)Cl)N1.C[C@H](NC(=O)[C@H](CO)CC(=O)OC(C)(C)C)C(=O)N1CCC[C@@H](C(=O)OCC(Cl)(Cl)Cl)N1.ClCCl.O=CC(F)(F)F. The van der Waals surface area contributed by atoms with E-state index in [-0.39, 0.29) is 44.7 Å². The van der Waals surface area contributed by atoms with Crippen molar-refractivity contribution in [2.45, 2.75) is 212 Å². The van der Waals surface area contributed by atoms with Crippen LogP contribution in [0.2, 0.25) is 0 Å². The number of nitrogens with two attached hydrogens (primary N) is 1. The number of carbonyl (C=O) groups is 12. The number of nitrogens with one attached hydrogen (secondary N) is 5. The molecule has 3 aliphatic rings. The highest BCUT2D eigenvalue weighted by Crippen LogP contribution is 2.29. The van der Waals surface area contributed by atoms with Crippen molar-refractivity contribution in [3.05, 3.63) is 0 Å². The first-order valence-electron chi connectivity index (χ1n) is 29.9. The zero-order valence-electron chi connectivity index (χ0n) is 56.6. The number of hydrogen-bond donors (Lipinski definition) is 9. The minimum Gasteiger partial charge on any atom is -0.481 e. The molecular weight excluding hydrogens is 1590 g/mol. The second-order valence-electron chi connectivity index (χ2n) is 24.4. The van der Waals surface area contributed by atoms with E-state index >= 15 is 0 Å². The van der Waals surface area contributed by atoms with Crippen LogP contribution in [0.25, 0.3) is 0 Å². The lowest BCUT2D eigenvalue weighted by Gasteiger charge is -2.34. The monoisotopic (exact) mass is 1680 g/mol. The number of ether oxygens (including phenoxy) is 6. The molecule has 0 spiro atoms. The van der Waals surface area contributed by atoms with Crippen molar-refractivity contribution in [3.63, 3.8) is 0 Å². The van der Waals surface area contributed by atoms with Crippen molar-refractivity contribution >= 4 is 199 Å². The molecule has 101 heavy (non-hydrogen) atoms. The van der Waals surface area contributed by atoms with E-state index < -0.39 is 168 Å². The Balaban J connectivity index is -0.000000613. The number of halogens is 14. The quantitative estimate of drug-likeness (QED) is 0.0261. The second kappa shape index (κ2) is 49.3. The molecule has 8 atom stereocenters. The summed E-state index contributed by atoms with van der Waals surface area (Å²) in [5, 5.41) is 35.6. The largest absolute Gasteiger partial charge is 0.481 e. The third-order valence-electron chi connectivity index (χ3n) is 11.5. The van der Waals surface area contributed by atoms with E-state index in [1.165, 1.54) is 28.9 Å². The van der Waals surface area contributed by atoms with Crippen LogP contribution in [-0.4, -0.2) is 231 Å². The van der Waals surface area contributed by atoms with Gasteiger partial charge in [0.15, 0.2) is 0 Å². The molecule has 3 aliphatic heterocycles. The first-order chi connectivity index (χ1) is 45.3. The molecule has 0 aromatic rings. The van der Waals surface area contributed by atoms with Gasteiger partial charge in [0.05, 0.1) is 49.3 Å². The molecule has 590 valence electrons. The number of amides is 5. The molecule has 0 aliphatic carbocycles. The predicted octanol–water partition coefficient (Wildman–Crippen LogP) is 7.51. The molecule has 44 heteroatoms. The number of aliphatic hydroxyl groups excluding tert-OH is 2. The number of carboxylic acids is 1. The third kappa shape index (κ3) is 53.8. The highest BCUT2D eigenvalue weighted by molar-refractivity contribution is 6.68. The first-order valence-corrected chi connectivity index (χ1v) is 34.3. The maximum absolute atomic E-state index is 12.7. The predicted molar refractivity (Wildman–Crippen MR) is 373 cm³/mol. The number of aldehydes is 1. The smallest absolute Gasteiger partial charge is 0.446 e. The summed E-state index contributed by atoms with van der Waals surface area (Å²) in [6, 6.07) is -4.66. The summed E-state index contributed by atoms with van der Waals surface area (Å²) in [5.41, 5.74) is 11.8. The number of hydrazine groups is 3. The summed E-state index contributed by atoms with van der Waals surface area (Å²) in [5.74, 6) is -8.33. The number of aliphatic carboxylic acids is 1. The number of aliphatic hydroxyl groups is 2. The molecular formula is C57H93Cl11F3N9O21. The van der Waals surface area contributed by atoms with Crippen LogP contribution in [0.5, 0.6) is 0 Å². The number of esters is 5. The normalized spacial score (nSPS) is 17.9. The van der Waals surface area contributed by atoms with Crippen LogP contribution in [0.1, 0.15) is 142 Å². The van der Waals surface area contributed by atoms with Gasteiger partial charge in [-0.1, -0.05) is 112 Å². The molecule has 0 unspecified atom stereocenters. The zero-order chi connectivity index (χ0) is 78.7. The molecule has 3 rings (SSSR count). The van der Waals surface area contributed by atoms with Crippen LogP contribution in [0.4, 0.5) is 18.0 Å². The average molecular weight is 1690 g/mol. The highest BCUT2D eigenvalue weighted by atomic mass is 35.6. The Morgan fingerprint density at radius 2 is 0.812 bits per heavy atom. The van der Waals surface area contributed by atoms with Gasteiger partial charge >= 0.3 is 48.1 Å². The topological polar surface area (TPSA) is 417 Å². The first kappa shape index (κ1) is 104. The van der Waals surface area contributed by atoms with Crippen LogP contribution < -0.4 is 32.6 Å². The summed E-state index contributed by atoms with van der Waals surface area (Å²) < 4.78 is 56.1. The van der Waals surface area contributed by atoms with Gasteiger partial charge in [0.25, 0.3) is 17.7 Å². The number of hydrogen-bond acceptors (Lipinski definition) is 24. The number of alkyl halides is 14. The summed E-state index contributed by atoms with van der Waals surface area (Å²) in [6.07, 6.45) is -3.87. The van der Waals surface area contributed by atoms with Gasteiger partial charge in [0.2, 0.25) is 23.6 Å². The van der Waals surface area contributed by atoms with Crippen LogP contribution in [0.3, 0.4) is 0 Å². The lowest BCUT2D eigenvalue weighted by atomic mass is 10.0. The van der Waals surface area contributed by atoms with Gasteiger partial charge in [-0.05, 0) is 122 Å². The molecule has 3 saturated heterocycles. The molecule has 0 radical (unpaired) electrons. The van der Waals surface area contributed by atoms with Crippen molar-refractivity contribution in [3.8, 4) is 0 Å². The molecule has 0 saturated carbocycles. The fraction of sp³-hybridized carbons (Fsp3) is 0.789. The van der Waals surface area contributed by atoms with Gasteiger partial charge in [0.1, 0.15) is 66.8 Å². The van der Waals surface area contributed by atoms with Crippen LogP contribution in [0, 0.1) is 11.8 Å². The maximum atomic E-state index is 12.7. The molecule has 3 heterocycles. The molecule has 10 N–H and O–H groups in total. The van der Waals surface area contributed by atoms with Gasteiger partial charge in [-0.25, -0.2) is 21.1 Å². The lowest BCUT2D eigenvalue weighted by molar-refractivity contribution is -0.160. The number of rotatable bonds is 19. The van der Waals surface area contributed by atoms with E-state index in [0.29, 0.717) is 58.2 Å². The van der Waals surface area contributed by atoms with Gasteiger partial charge in [0, 0.05) is 19.6 Å². The molecule has 0 aromatic heterocycles. The summed E-state index contributed by atoms with van der Waals surface area (Å²) in [6.45, 7) is 18.7. The minimum atomic E-state index is -4.64. The van der Waals surface area contributed by atoms with Crippen LogP contribution >= 0.6 is 128 Å². The molecule has 3 fully saturated rings. The summed E-state index contributed by atoms with van der Waals surface area (Å²) in [7, 11) is 0. The molecule has 0 bridgehead atoms. The van der Waals surface area contributed by atoms with Gasteiger partial charge < -0.3 is 60.1 Å². The average Bonchev–Trinajstić information content (AvgIpc) is 0.857. The van der Waals surface area contributed by atoms with E-state index in [0.717, 1.165) is 0 Å². The van der Waals surface area contributed by atoms with Crippen molar-refractivity contribution in [1.82, 2.24) is 41.9 Å². The van der Waals surface area contributed by atoms with Gasteiger partial charge in [-0.15, -0.1) is 23.2 Å². The Hall–Kier alpha value is -3.62. The Bertz CT molecular complexity index is 2620. The van der Waals surface area contributed by atoms with Crippen molar-refractivity contribution < 1.29 is 114 Å². The Morgan fingerprint density at radius 3 is 1.06 bits per heavy atom. The van der Waals surface area contributed by atoms with E-state index in [1.807, 2.05) is 0 Å². The lowest BCUT2D eigenvalue weighted by Crippen LogP contribution is -2.59. The van der Waals surface area contributed by atoms with Crippen molar-refractivity contribution in [2.24, 2.45) is 17.6 Å². The highest BCUT2D eigenvalue weighted by Gasteiger charge is 2.38. The summed E-state index contributed by atoms with van der Waals surface area (Å²) >= 11 is 59.3. The van der Waals surface area contributed by atoms with Crippen LogP contribution in [-0.2, 0) is 81.2 Å². The van der Waals surface area contributed by atoms with E-state index in [9.17, 15) is 71.0 Å². The molecule has 30 nitrogen and oxygen atoms in total. The Morgan fingerprint density at radius 1 is 0.535 bits per heavy atom. The van der Waals surface area contributed by atoms with E-state index in [1.54, 1.807) is 69.2 Å². The number of alkyl carbamates (subject to hydrolysis) is 1. The van der Waals surface area contributed by atoms with Crippen molar-refractivity contribution in [1.29, 1.82) is 0 Å². The maximum Gasteiger partial charge on any atom is 0.446 e. The standard InChI is InChI=1S/C19H30Cl3N3O7.C15H24Cl3N3O5.C10H16Cl3N3O3.C9H16O5.C2HF3O.CH2Cl2.CH4/c1-11(23-15(28)12(9-26)8-14(27)32-18(2,3)4)16(29)25-7-5-6-13(24-25)17(30)31-10-19(20,21)22;1-9(19-13(24)26-14(2,3)4)11(22)21-7-5-6-10(20-21)12(23)25-8-15(16,17)18;1-6(14)8(17)16-4-2-3-7(15-16)9(18)19-5-10(11,12)13;1-9(2,3)14-7(11)4-6(5-10)8(12)13;3-2(4,5)1-6;2-1-3;/h11-13,24,26H,5-10H2,1-4H3,(H,23,28);9-10,20H,5-8H2,1-4H3,(H,19,24);6-7,15H,2-5,14H2,1H3;6,10H,4-5H2,1-3H3,(H,12,13);1H;1H2;1H4/t11-,12-,13-;9-,10-;6-,7-;6-;;;/m0000.../s1. The second-order valence-corrected chi connectivity index (χ2v) is 32.8. The van der Waals surface area contributed by atoms with Crippen molar-refractivity contribution in [2.75, 3.05) is 58.0 Å². The Kier molecular flexibility index (Phi) is 50.6. The van der Waals surface area contributed by atoms with E-state index in [4.69, 9.17) is 177 Å². The minimum absolute atomic E-state index is 0. The fourth-order valence-electron chi connectivity index (χ4n) is 7.40. The van der Waals surface area contributed by atoms with Crippen LogP contribution in [0.15, 0.2) is 0 Å². The number of carboxylic acid groups (broad SMARTS) is 1. The third-order valence-corrected chi connectivity index (χ3v) is 12.5. The van der Waals surface area contributed by atoms with Gasteiger partial charge in [-0.2, -0.15) is 13.2 Å². The Labute approximate surface area is 639 Å². The fourth-order valence-corrected chi connectivity index (χ4v) is 7.89. The van der Waals surface area contributed by atoms with Gasteiger partial charge in [-0.3, -0.25) is 67.8 Å². The van der Waals surface area contributed by atoms with E-state index in [2.05, 4.69) is 26.9 Å².